The van der Waals surface area contributed by atoms with Crippen LogP contribution in [0.25, 0.3) is 11.3 Å². The number of rotatable bonds is 3. The Morgan fingerprint density at radius 2 is 2.00 bits per heavy atom. The molecule has 0 N–H and O–H groups in total. The molecule has 0 bridgehead atoms. The predicted octanol–water partition coefficient (Wildman–Crippen LogP) is 2.16. The molecule has 1 aromatic heterocycles. The Labute approximate surface area is 87.5 Å². The van der Waals surface area contributed by atoms with Crippen LogP contribution in [0.4, 0.5) is 0 Å². The van der Waals surface area contributed by atoms with E-state index in [4.69, 9.17) is 13.9 Å². The number of ether oxygens (including phenoxy) is 2. The van der Waals surface area contributed by atoms with Gasteiger partial charge in [0.25, 0.3) is 6.39 Å². The fraction of sp³-hybridized carbons (Fsp3) is 0.182. The first-order valence-electron chi connectivity index (χ1n) is 4.39. The highest BCUT2D eigenvalue weighted by Gasteiger charge is 2.07. The molecule has 15 heavy (non-hydrogen) atoms. The van der Waals surface area contributed by atoms with Gasteiger partial charge in [0.2, 0.25) is 0 Å². The van der Waals surface area contributed by atoms with Gasteiger partial charge < -0.3 is 13.9 Å². The summed E-state index contributed by atoms with van der Waals surface area (Å²) >= 11 is 0. The van der Waals surface area contributed by atoms with Crippen molar-refractivity contribution in [3.63, 3.8) is 0 Å². The summed E-state index contributed by atoms with van der Waals surface area (Å²) in [6, 6.07) is 5.54. The summed E-state index contributed by atoms with van der Waals surface area (Å²) in [5, 5.41) is 0. The molecule has 4 nitrogen and oxygen atoms in total. The van der Waals surface area contributed by atoms with Gasteiger partial charge in [0.15, 0.2) is 11.5 Å². The molecule has 0 fully saturated rings. The molecular weight excluding hydrogens is 194 g/mol. The first-order valence-corrected chi connectivity index (χ1v) is 4.39. The highest BCUT2D eigenvalue weighted by molar-refractivity contribution is 5.62. The average molecular weight is 204 g/mol. The fourth-order valence-electron chi connectivity index (χ4n) is 1.31. The van der Waals surface area contributed by atoms with Crippen molar-refractivity contribution < 1.29 is 13.9 Å². The van der Waals surface area contributed by atoms with Gasteiger partial charge >= 0.3 is 0 Å². The summed E-state index contributed by atoms with van der Waals surface area (Å²) in [4.78, 5) is 3.93. The zero-order valence-electron chi connectivity index (χ0n) is 8.48. The van der Waals surface area contributed by atoms with E-state index in [0.29, 0.717) is 11.5 Å². The monoisotopic (exact) mass is 204 g/mol. The van der Waals surface area contributed by atoms with Gasteiger partial charge in [0.1, 0.15) is 12.0 Å². The topological polar surface area (TPSA) is 44.5 Å². The van der Waals surface area contributed by atoms with E-state index < -0.39 is 0 Å². The Balaban J connectivity index is 2.43. The van der Waals surface area contributed by atoms with E-state index in [2.05, 4.69) is 11.4 Å². The first-order chi connectivity index (χ1) is 7.35. The molecule has 2 aromatic rings. The molecule has 4 heteroatoms. The summed E-state index contributed by atoms with van der Waals surface area (Å²) in [6.07, 6.45) is 3.93. The van der Waals surface area contributed by atoms with E-state index in [1.54, 1.807) is 14.2 Å². The van der Waals surface area contributed by atoms with Crippen LogP contribution in [0.15, 0.2) is 28.9 Å². The number of hydrogen-bond donors (Lipinski definition) is 0. The van der Waals surface area contributed by atoms with Crippen molar-refractivity contribution in [3.8, 4) is 22.8 Å². The summed E-state index contributed by atoms with van der Waals surface area (Å²) in [7, 11) is 3.19. The van der Waals surface area contributed by atoms with E-state index in [-0.39, 0.29) is 0 Å². The van der Waals surface area contributed by atoms with E-state index in [9.17, 15) is 0 Å². The minimum atomic E-state index is 0.665. The molecule has 2 rings (SSSR count). The van der Waals surface area contributed by atoms with Crippen molar-refractivity contribution >= 4 is 0 Å². The molecule has 0 aliphatic heterocycles. The first kappa shape index (κ1) is 9.58. The van der Waals surface area contributed by atoms with E-state index in [0.717, 1.165) is 11.3 Å². The number of aromatic nitrogens is 1. The Bertz CT molecular complexity index is 437. The number of nitrogens with zero attached hydrogens (tertiary/aromatic N) is 1. The maximum absolute atomic E-state index is 5.18. The zero-order valence-corrected chi connectivity index (χ0v) is 8.48. The normalized spacial score (nSPS) is 10.0. The van der Waals surface area contributed by atoms with Gasteiger partial charge in [-0.05, 0) is 18.2 Å². The van der Waals surface area contributed by atoms with Gasteiger partial charge in [-0.1, -0.05) is 0 Å². The average Bonchev–Trinajstić information content (AvgIpc) is 2.81. The maximum Gasteiger partial charge on any atom is 0.284 e. The smallest absolute Gasteiger partial charge is 0.284 e. The third-order valence-electron chi connectivity index (χ3n) is 2.07. The molecule has 0 saturated heterocycles. The molecular formula is C11H10NO3. The van der Waals surface area contributed by atoms with Gasteiger partial charge in [0, 0.05) is 5.56 Å². The van der Waals surface area contributed by atoms with Crippen LogP contribution in [0.5, 0.6) is 11.5 Å². The molecule has 0 amide bonds. The summed E-state index contributed by atoms with van der Waals surface area (Å²) in [5.41, 5.74) is 1.62. The molecule has 1 radical (unpaired) electrons. The maximum atomic E-state index is 5.18. The molecule has 1 heterocycles. The molecule has 0 aliphatic carbocycles. The fourth-order valence-corrected chi connectivity index (χ4v) is 1.31. The van der Waals surface area contributed by atoms with Crippen LogP contribution in [0, 0.1) is 6.39 Å². The van der Waals surface area contributed by atoms with Crippen molar-refractivity contribution in [3.05, 3.63) is 30.9 Å². The lowest BCUT2D eigenvalue weighted by atomic mass is 10.1. The molecule has 1 aromatic carbocycles. The third-order valence-corrected chi connectivity index (χ3v) is 2.07. The largest absolute Gasteiger partial charge is 0.493 e. The predicted molar refractivity (Wildman–Crippen MR) is 53.9 cm³/mol. The van der Waals surface area contributed by atoms with Crippen molar-refractivity contribution in [1.29, 1.82) is 0 Å². The number of methoxy groups -OCH3 is 2. The number of benzene rings is 1. The number of oxazole rings is 1. The summed E-state index contributed by atoms with van der Waals surface area (Å²) in [6.45, 7) is 0. The van der Waals surface area contributed by atoms with Crippen LogP contribution >= 0.6 is 0 Å². The van der Waals surface area contributed by atoms with Crippen LogP contribution in [0.3, 0.4) is 0 Å². The third kappa shape index (κ3) is 1.79. The van der Waals surface area contributed by atoms with Crippen molar-refractivity contribution in [1.82, 2.24) is 4.98 Å². The molecule has 0 unspecified atom stereocenters. The summed E-state index contributed by atoms with van der Waals surface area (Å²) in [5.74, 6) is 1.35. The van der Waals surface area contributed by atoms with Crippen LogP contribution in [-0.4, -0.2) is 19.2 Å². The second-order valence-electron chi connectivity index (χ2n) is 2.89. The highest BCUT2D eigenvalue weighted by atomic mass is 16.5. The van der Waals surface area contributed by atoms with Crippen LogP contribution in [-0.2, 0) is 0 Å². The van der Waals surface area contributed by atoms with Gasteiger partial charge in [-0.25, -0.2) is 4.98 Å². The molecule has 0 spiro atoms. The molecule has 0 aliphatic rings. The van der Waals surface area contributed by atoms with Gasteiger partial charge in [-0.15, -0.1) is 0 Å². The number of hydrogen-bond acceptors (Lipinski definition) is 4. The van der Waals surface area contributed by atoms with Crippen LogP contribution in [0.1, 0.15) is 0 Å². The second-order valence-corrected chi connectivity index (χ2v) is 2.89. The second kappa shape index (κ2) is 4.04. The Morgan fingerprint density at radius 1 is 1.20 bits per heavy atom. The van der Waals surface area contributed by atoms with Gasteiger partial charge in [-0.2, -0.15) is 0 Å². The lowest BCUT2D eigenvalue weighted by molar-refractivity contribution is 0.355. The lowest BCUT2D eigenvalue weighted by Gasteiger charge is -2.07. The Kier molecular flexibility index (Phi) is 2.58. The lowest BCUT2D eigenvalue weighted by Crippen LogP contribution is -1.90. The standard InChI is InChI=1S/C11H10NO3/c1-13-10-4-3-8(5-11(10)14-2)9-6-15-7-12-9/h3-6H,1-2H3. The Hall–Kier alpha value is -1.97. The van der Waals surface area contributed by atoms with Crippen molar-refractivity contribution in [2.24, 2.45) is 0 Å². The van der Waals surface area contributed by atoms with Gasteiger partial charge in [-0.3, -0.25) is 0 Å². The van der Waals surface area contributed by atoms with E-state index in [1.807, 2.05) is 18.2 Å². The minimum absolute atomic E-state index is 0.665. The molecule has 0 saturated carbocycles. The van der Waals surface area contributed by atoms with Crippen molar-refractivity contribution in [2.45, 2.75) is 0 Å². The SMILES string of the molecule is COc1ccc(-c2co[c]n2)cc1OC. The Morgan fingerprint density at radius 3 is 2.60 bits per heavy atom. The highest BCUT2D eigenvalue weighted by Crippen LogP contribution is 2.31. The van der Waals surface area contributed by atoms with Crippen molar-refractivity contribution in [2.75, 3.05) is 14.2 Å². The zero-order chi connectivity index (χ0) is 10.7. The molecule has 77 valence electrons. The summed E-state index contributed by atoms with van der Waals surface area (Å²) < 4.78 is 15.1. The minimum Gasteiger partial charge on any atom is -0.493 e. The van der Waals surface area contributed by atoms with Gasteiger partial charge in [0.05, 0.1) is 14.2 Å². The van der Waals surface area contributed by atoms with E-state index >= 15 is 0 Å². The quantitative estimate of drug-likeness (QED) is 0.768. The molecule has 0 atom stereocenters. The van der Waals surface area contributed by atoms with E-state index in [1.165, 1.54) is 6.26 Å². The van der Waals surface area contributed by atoms with Crippen LogP contribution in [0.2, 0.25) is 0 Å². The van der Waals surface area contributed by atoms with Crippen LogP contribution < -0.4 is 9.47 Å².